The number of ether oxygens (including phenoxy) is 2. The van der Waals surface area contributed by atoms with Crippen molar-refractivity contribution < 1.29 is 23.9 Å². The van der Waals surface area contributed by atoms with Gasteiger partial charge in [-0.25, -0.2) is 0 Å². The van der Waals surface area contributed by atoms with Crippen molar-refractivity contribution in [2.24, 2.45) is 0 Å². The third-order valence-electron chi connectivity index (χ3n) is 4.10. The van der Waals surface area contributed by atoms with Crippen LogP contribution in [-0.2, 0) is 19.1 Å². The van der Waals surface area contributed by atoms with Gasteiger partial charge < -0.3 is 20.1 Å². The number of nitrogens with one attached hydrogen (secondary N) is 2. The van der Waals surface area contributed by atoms with Crippen LogP contribution in [0.1, 0.15) is 13.3 Å². The molecule has 28 heavy (non-hydrogen) atoms. The Bertz CT molecular complexity index is 902. The van der Waals surface area contributed by atoms with Gasteiger partial charge in [0.25, 0.3) is 5.91 Å². The predicted molar refractivity (Wildman–Crippen MR) is 107 cm³/mol. The molecule has 0 bridgehead atoms. The number of esters is 1. The van der Waals surface area contributed by atoms with Crippen molar-refractivity contribution in [2.75, 3.05) is 17.7 Å². The largest absolute Gasteiger partial charge is 0.495 e. The summed E-state index contributed by atoms with van der Waals surface area (Å²) in [7, 11) is 1.50. The molecule has 3 rings (SSSR count). The molecular weight excluding hydrogens is 380 g/mol. The topological polar surface area (TPSA) is 93.7 Å². The molecule has 0 aliphatic carbocycles. The van der Waals surface area contributed by atoms with Crippen molar-refractivity contribution >= 4 is 40.9 Å². The Morgan fingerprint density at radius 1 is 1.18 bits per heavy atom. The number of amides is 2. The standard InChI is InChI=1S/C20H20N2O5S/c1-12(19(24)21-13-7-3-5-9-15(13)26-2)27-18(23)11-17-20(25)22-14-8-4-6-10-16(14)28-17/h3-10,12,17H,11H2,1-2H3,(H,21,24)(H,22,25)/t12-,17+/m1/s1. The lowest BCUT2D eigenvalue weighted by atomic mass is 10.2. The van der Waals surface area contributed by atoms with Crippen LogP contribution >= 0.6 is 11.8 Å². The average molecular weight is 400 g/mol. The zero-order chi connectivity index (χ0) is 20.1. The van der Waals surface area contributed by atoms with Gasteiger partial charge in [0.2, 0.25) is 5.91 Å². The fourth-order valence-corrected chi connectivity index (χ4v) is 3.75. The number of anilines is 2. The number of thioether (sulfide) groups is 1. The lowest BCUT2D eigenvalue weighted by Gasteiger charge is -2.23. The molecule has 2 atom stereocenters. The fourth-order valence-electron chi connectivity index (χ4n) is 2.66. The summed E-state index contributed by atoms with van der Waals surface area (Å²) in [6.07, 6.45) is -1.14. The smallest absolute Gasteiger partial charge is 0.308 e. The second-order valence-electron chi connectivity index (χ2n) is 6.12. The predicted octanol–water partition coefficient (Wildman–Crippen LogP) is 3.07. The molecule has 2 amide bonds. The van der Waals surface area contributed by atoms with Crippen LogP contribution in [0.25, 0.3) is 0 Å². The summed E-state index contributed by atoms with van der Waals surface area (Å²) < 4.78 is 10.4. The highest BCUT2D eigenvalue weighted by Crippen LogP contribution is 2.36. The Morgan fingerprint density at radius 3 is 2.68 bits per heavy atom. The third-order valence-corrected chi connectivity index (χ3v) is 5.38. The molecule has 1 heterocycles. The van der Waals surface area contributed by atoms with Crippen molar-refractivity contribution in [1.82, 2.24) is 0 Å². The van der Waals surface area contributed by atoms with E-state index in [2.05, 4.69) is 10.6 Å². The molecule has 8 heteroatoms. The van der Waals surface area contributed by atoms with Crippen LogP contribution in [0.15, 0.2) is 53.4 Å². The lowest BCUT2D eigenvalue weighted by Crippen LogP contribution is -2.34. The molecule has 1 aliphatic rings. The molecule has 146 valence electrons. The van der Waals surface area contributed by atoms with Gasteiger partial charge in [-0.15, -0.1) is 11.8 Å². The molecule has 0 saturated carbocycles. The van der Waals surface area contributed by atoms with Crippen LogP contribution in [-0.4, -0.2) is 36.2 Å². The van der Waals surface area contributed by atoms with Crippen molar-refractivity contribution in [1.29, 1.82) is 0 Å². The van der Waals surface area contributed by atoms with Gasteiger partial charge in [-0.2, -0.15) is 0 Å². The summed E-state index contributed by atoms with van der Waals surface area (Å²) in [5.74, 6) is -0.853. The van der Waals surface area contributed by atoms with E-state index in [-0.39, 0.29) is 12.3 Å². The number of rotatable bonds is 6. The Hall–Kier alpha value is -3.00. The number of fused-ring (bicyclic) bond motifs is 1. The molecule has 0 unspecified atom stereocenters. The minimum Gasteiger partial charge on any atom is -0.495 e. The second kappa shape index (κ2) is 8.79. The van der Waals surface area contributed by atoms with E-state index in [1.807, 2.05) is 18.2 Å². The molecule has 0 aromatic heterocycles. The van der Waals surface area contributed by atoms with E-state index in [4.69, 9.17) is 9.47 Å². The maximum atomic E-state index is 12.3. The van der Waals surface area contributed by atoms with E-state index in [0.717, 1.165) is 10.6 Å². The highest BCUT2D eigenvalue weighted by molar-refractivity contribution is 8.01. The Morgan fingerprint density at radius 2 is 1.89 bits per heavy atom. The SMILES string of the molecule is COc1ccccc1NC(=O)[C@@H](C)OC(=O)C[C@@H]1Sc2ccccc2NC1=O. The van der Waals surface area contributed by atoms with Gasteiger partial charge >= 0.3 is 5.97 Å². The molecule has 0 spiro atoms. The number of hydrogen-bond donors (Lipinski definition) is 2. The van der Waals surface area contributed by atoms with Gasteiger partial charge in [0.1, 0.15) is 5.75 Å². The minimum atomic E-state index is -1.01. The molecule has 0 radical (unpaired) electrons. The highest BCUT2D eigenvalue weighted by atomic mass is 32.2. The molecule has 2 aromatic rings. The summed E-state index contributed by atoms with van der Waals surface area (Å²) in [5, 5.41) is 4.84. The molecule has 1 aliphatic heterocycles. The number of benzene rings is 2. The van der Waals surface area contributed by atoms with E-state index in [0.29, 0.717) is 11.4 Å². The van der Waals surface area contributed by atoms with Gasteiger partial charge in [-0.1, -0.05) is 24.3 Å². The first kappa shape index (κ1) is 19.8. The monoisotopic (exact) mass is 400 g/mol. The normalized spacial score (nSPS) is 16.4. The first-order chi connectivity index (χ1) is 13.5. The summed E-state index contributed by atoms with van der Waals surface area (Å²) in [6.45, 7) is 1.48. The maximum Gasteiger partial charge on any atom is 0.308 e. The summed E-state index contributed by atoms with van der Waals surface area (Å²) in [4.78, 5) is 37.6. The van der Waals surface area contributed by atoms with Gasteiger partial charge in [-0.05, 0) is 31.2 Å². The first-order valence-electron chi connectivity index (χ1n) is 8.68. The van der Waals surface area contributed by atoms with Crippen LogP contribution in [0.3, 0.4) is 0 Å². The third kappa shape index (κ3) is 4.64. The van der Waals surface area contributed by atoms with Crippen molar-refractivity contribution in [3.63, 3.8) is 0 Å². The van der Waals surface area contributed by atoms with E-state index >= 15 is 0 Å². The van der Waals surface area contributed by atoms with E-state index in [1.54, 1.807) is 30.3 Å². The second-order valence-corrected chi connectivity index (χ2v) is 7.36. The number of para-hydroxylation sites is 3. The van der Waals surface area contributed by atoms with Crippen LogP contribution in [0.4, 0.5) is 11.4 Å². The van der Waals surface area contributed by atoms with Crippen molar-refractivity contribution in [2.45, 2.75) is 29.6 Å². The van der Waals surface area contributed by atoms with Crippen molar-refractivity contribution in [3.8, 4) is 5.75 Å². The summed E-state index contributed by atoms with van der Waals surface area (Å²) >= 11 is 1.31. The van der Waals surface area contributed by atoms with Gasteiger partial charge in [0.15, 0.2) is 6.10 Å². The fraction of sp³-hybridized carbons (Fsp3) is 0.250. The maximum absolute atomic E-state index is 12.3. The Kier molecular flexibility index (Phi) is 6.20. The molecule has 0 fully saturated rings. The van der Waals surface area contributed by atoms with E-state index in [9.17, 15) is 14.4 Å². The van der Waals surface area contributed by atoms with Crippen molar-refractivity contribution in [3.05, 3.63) is 48.5 Å². The van der Waals surface area contributed by atoms with Gasteiger partial charge in [0, 0.05) is 4.90 Å². The van der Waals surface area contributed by atoms with Crippen LogP contribution in [0, 0.1) is 0 Å². The number of hydrogen-bond acceptors (Lipinski definition) is 6. The Balaban J connectivity index is 1.55. The van der Waals surface area contributed by atoms with E-state index in [1.165, 1.54) is 25.8 Å². The number of carbonyl (C=O) groups is 3. The first-order valence-corrected chi connectivity index (χ1v) is 9.56. The molecule has 7 nitrogen and oxygen atoms in total. The molecule has 2 aromatic carbocycles. The molecular formula is C20H20N2O5S. The zero-order valence-electron chi connectivity index (χ0n) is 15.4. The number of methoxy groups -OCH3 is 1. The molecule has 2 N–H and O–H groups in total. The summed E-state index contributed by atoms with van der Waals surface area (Å²) in [6, 6.07) is 14.3. The highest BCUT2D eigenvalue weighted by Gasteiger charge is 2.30. The van der Waals surface area contributed by atoms with Crippen LogP contribution < -0.4 is 15.4 Å². The number of carbonyl (C=O) groups excluding carboxylic acids is 3. The van der Waals surface area contributed by atoms with Crippen LogP contribution in [0.5, 0.6) is 5.75 Å². The lowest BCUT2D eigenvalue weighted by molar-refractivity contribution is -0.153. The van der Waals surface area contributed by atoms with E-state index < -0.39 is 23.2 Å². The van der Waals surface area contributed by atoms with Gasteiger partial charge in [-0.3, -0.25) is 14.4 Å². The quantitative estimate of drug-likeness (QED) is 0.724. The average Bonchev–Trinajstić information content (AvgIpc) is 2.68. The Labute approximate surface area is 166 Å². The zero-order valence-corrected chi connectivity index (χ0v) is 16.2. The summed E-state index contributed by atoms with van der Waals surface area (Å²) in [5.41, 5.74) is 1.21. The van der Waals surface area contributed by atoms with Gasteiger partial charge in [0.05, 0.1) is 30.2 Å². The van der Waals surface area contributed by atoms with Crippen LogP contribution in [0.2, 0.25) is 0 Å². The molecule has 0 saturated heterocycles. The minimum absolute atomic E-state index is 0.128.